The number of alkyl halides is 3. The van der Waals surface area contributed by atoms with Gasteiger partial charge in [0.25, 0.3) is 0 Å². The normalized spacial score (nSPS) is 18.6. The van der Waals surface area contributed by atoms with E-state index in [-0.39, 0.29) is 25.1 Å². The Morgan fingerprint density at radius 1 is 1.29 bits per heavy atom. The van der Waals surface area contributed by atoms with Crippen LogP contribution in [0.4, 0.5) is 23.7 Å². The zero-order chi connectivity index (χ0) is 15.6. The zero-order valence-electron chi connectivity index (χ0n) is 10.7. The molecule has 1 aliphatic rings. The number of carboxylic acid groups (broad SMARTS) is 1. The third-order valence-electron chi connectivity index (χ3n) is 3.21. The van der Waals surface area contributed by atoms with E-state index in [4.69, 9.17) is 0 Å². The fourth-order valence-electron chi connectivity index (χ4n) is 2.26. The van der Waals surface area contributed by atoms with E-state index in [0.29, 0.717) is 5.56 Å². The van der Waals surface area contributed by atoms with E-state index in [9.17, 15) is 27.9 Å². The number of benzene rings is 1. The summed E-state index contributed by atoms with van der Waals surface area (Å²) in [6, 6.07) is 6.17. The third kappa shape index (κ3) is 3.65. The van der Waals surface area contributed by atoms with Gasteiger partial charge in [-0.2, -0.15) is 0 Å². The SMILES string of the molecule is O=C([O-])C1CCN(C(=O)OC(F)(F)F)c2ccccc2C1. The number of ether oxygens (including phenoxy) is 1. The predicted octanol–water partition coefficient (Wildman–Crippen LogP) is 1.46. The van der Waals surface area contributed by atoms with Gasteiger partial charge in [0.15, 0.2) is 0 Å². The quantitative estimate of drug-likeness (QED) is 0.787. The first-order valence-electron chi connectivity index (χ1n) is 6.14. The Bertz CT molecular complexity index is 559. The fourth-order valence-corrected chi connectivity index (χ4v) is 2.26. The maximum Gasteiger partial charge on any atom is 0.576 e. The standard InChI is InChI=1S/C13H12F3NO4/c14-13(15,16)21-12(20)17-6-5-9(11(18)19)7-8-3-1-2-4-10(8)17/h1-4,9H,5-7H2,(H,18,19)/p-1. The number of hydrogen-bond acceptors (Lipinski definition) is 4. The highest BCUT2D eigenvalue weighted by molar-refractivity contribution is 5.89. The molecule has 1 heterocycles. The molecule has 1 aliphatic heterocycles. The average molecular weight is 302 g/mol. The minimum absolute atomic E-state index is 0.00995. The molecule has 0 radical (unpaired) electrons. The van der Waals surface area contributed by atoms with Crippen LogP contribution in [0, 0.1) is 5.92 Å². The summed E-state index contributed by atoms with van der Waals surface area (Å²) < 4.78 is 39.9. The summed E-state index contributed by atoms with van der Waals surface area (Å²) in [6.07, 6.45) is -6.58. The van der Waals surface area contributed by atoms with Gasteiger partial charge in [-0.1, -0.05) is 18.2 Å². The molecule has 0 saturated carbocycles. The van der Waals surface area contributed by atoms with Crippen LogP contribution in [0.3, 0.4) is 0 Å². The van der Waals surface area contributed by atoms with Crippen LogP contribution in [-0.4, -0.2) is 25.0 Å². The largest absolute Gasteiger partial charge is 0.576 e. The van der Waals surface area contributed by atoms with Crippen molar-refractivity contribution in [3.05, 3.63) is 29.8 Å². The van der Waals surface area contributed by atoms with Gasteiger partial charge in [-0.25, -0.2) is 4.79 Å². The van der Waals surface area contributed by atoms with Crippen molar-refractivity contribution in [1.29, 1.82) is 0 Å². The molecule has 1 unspecified atom stereocenters. The Morgan fingerprint density at radius 2 is 1.95 bits per heavy atom. The van der Waals surface area contributed by atoms with Crippen molar-refractivity contribution in [2.24, 2.45) is 5.92 Å². The van der Waals surface area contributed by atoms with Gasteiger partial charge in [-0.15, -0.1) is 13.2 Å². The maximum atomic E-state index is 12.2. The number of anilines is 1. The smallest absolute Gasteiger partial charge is 0.550 e. The van der Waals surface area contributed by atoms with Crippen molar-refractivity contribution in [2.75, 3.05) is 11.4 Å². The minimum atomic E-state index is -5.09. The first kappa shape index (κ1) is 15.1. The Kier molecular flexibility index (Phi) is 4.06. The lowest BCUT2D eigenvalue weighted by atomic mass is 9.97. The van der Waals surface area contributed by atoms with Gasteiger partial charge < -0.3 is 14.6 Å². The molecular formula is C13H11F3NO4-. The number of rotatable bonds is 1. The number of halogens is 3. The topological polar surface area (TPSA) is 69.7 Å². The first-order chi connectivity index (χ1) is 9.78. The van der Waals surface area contributed by atoms with E-state index in [1.165, 1.54) is 6.07 Å². The molecule has 0 spiro atoms. The molecule has 21 heavy (non-hydrogen) atoms. The van der Waals surface area contributed by atoms with E-state index in [1.807, 2.05) is 0 Å². The maximum absolute atomic E-state index is 12.2. The molecule has 1 aromatic rings. The van der Waals surface area contributed by atoms with E-state index in [2.05, 4.69) is 4.74 Å². The van der Waals surface area contributed by atoms with Gasteiger partial charge in [0.05, 0.1) is 5.69 Å². The molecule has 0 aromatic heterocycles. The molecule has 0 N–H and O–H groups in total. The molecule has 0 fully saturated rings. The number of para-hydroxylation sites is 1. The van der Waals surface area contributed by atoms with Gasteiger partial charge >= 0.3 is 12.5 Å². The molecule has 2 rings (SSSR count). The van der Waals surface area contributed by atoms with Crippen molar-refractivity contribution in [1.82, 2.24) is 0 Å². The highest BCUT2D eigenvalue weighted by Gasteiger charge is 2.37. The number of hydrogen-bond donors (Lipinski definition) is 0. The Hall–Kier alpha value is -2.25. The summed E-state index contributed by atoms with van der Waals surface area (Å²) in [4.78, 5) is 23.4. The Balaban J connectivity index is 2.31. The molecule has 0 bridgehead atoms. The van der Waals surface area contributed by atoms with E-state index >= 15 is 0 Å². The van der Waals surface area contributed by atoms with E-state index in [0.717, 1.165) is 4.90 Å². The van der Waals surface area contributed by atoms with Crippen molar-refractivity contribution in [2.45, 2.75) is 19.2 Å². The van der Waals surface area contributed by atoms with E-state index < -0.39 is 24.3 Å². The van der Waals surface area contributed by atoms with Gasteiger partial charge in [0, 0.05) is 18.4 Å². The summed E-state index contributed by atoms with van der Waals surface area (Å²) in [5.41, 5.74) is 0.679. The van der Waals surface area contributed by atoms with Gasteiger partial charge in [0.1, 0.15) is 0 Å². The monoisotopic (exact) mass is 302 g/mol. The van der Waals surface area contributed by atoms with Crippen LogP contribution in [0.15, 0.2) is 24.3 Å². The van der Waals surface area contributed by atoms with Crippen LogP contribution < -0.4 is 10.0 Å². The molecule has 1 amide bonds. The van der Waals surface area contributed by atoms with Crippen LogP contribution in [-0.2, 0) is 16.0 Å². The highest BCUT2D eigenvalue weighted by Crippen LogP contribution is 2.30. The van der Waals surface area contributed by atoms with Gasteiger partial charge in [-0.3, -0.25) is 4.90 Å². The second-order valence-corrected chi connectivity index (χ2v) is 4.60. The number of carbonyl (C=O) groups is 2. The van der Waals surface area contributed by atoms with Crippen LogP contribution in [0.1, 0.15) is 12.0 Å². The molecular weight excluding hydrogens is 291 g/mol. The van der Waals surface area contributed by atoms with Crippen molar-refractivity contribution < 1.29 is 32.6 Å². The molecule has 1 aromatic carbocycles. The number of amides is 1. The van der Waals surface area contributed by atoms with E-state index in [1.54, 1.807) is 18.2 Å². The van der Waals surface area contributed by atoms with Gasteiger partial charge in [0.2, 0.25) is 0 Å². The predicted molar refractivity (Wildman–Crippen MR) is 63.1 cm³/mol. The lowest BCUT2D eigenvalue weighted by molar-refractivity contribution is -0.311. The molecule has 8 heteroatoms. The lowest BCUT2D eigenvalue weighted by Crippen LogP contribution is -2.37. The average Bonchev–Trinajstić information content (AvgIpc) is 2.56. The second kappa shape index (κ2) is 5.63. The molecule has 0 saturated heterocycles. The Morgan fingerprint density at radius 3 is 2.57 bits per heavy atom. The van der Waals surface area contributed by atoms with Gasteiger partial charge in [-0.05, 0) is 24.5 Å². The molecule has 114 valence electrons. The van der Waals surface area contributed by atoms with Crippen LogP contribution in [0.5, 0.6) is 0 Å². The number of nitrogens with zero attached hydrogens (tertiary/aromatic N) is 1. The lowest BCUT2D eigenvalue weighted by Gasteiger charge is -2.22. The molecule has 0 aliphatic carbocycles. The van der Waals surface area contributed by atoms with Crippen molar-refractivity contribution in [3.63, 3.8) is 0 Å². The van der Waals surface area contributed by atoms with Crippen molar-refractivity contribution >= 4 is 17.7 Å². The fraction of sp³-hybridized carbons (Fsp3) is 0.385. The summed E-state index contributed by atoms with van der Waals surface area (Å²) in [7, 11) is 0. The molecule has 1 atom stereocenters. The van der Waals surface area contributed by atoms with Crippen molar-refractivity contribution in [3.8, 4) is 0 Å². The zero-order valence-corrected chi connectivity index (χ0v) is 10.7. The number of carboxylic acids is 1. The molecule has 5 nitrogen and oxygen atoms in total. The minimum Gasteiger partial charge on any atom is -0.550 e. The van der Waals surface area contributed by atoms with Crippen LogP contribution >= 0.6 is 0 Å². The second-order valence-electron chi connectivity index (χ2n) is 4.60. The number of fused-ring (bicyclic) bond motifs is 1. The summed E-state index contributed by atoms with van der Waals surface area (Å²) in [6.45, 7) is -0.190. The number of aliphatic carboxylic acids is 1. The number of carbonyl (C=O) groups excluding carboxylic acids is 2. The van der Waals surface area contributed by atoms with Crippen LogP contribution in [0.25, 0.3) is 0 Å². The highest BCUT2D eigenvalue weighted by atomic mass is 19.4. The summed E-state index contributed by atoms with van der Waals surface area (Å²) in [5.74, 6) is -2.16. The Labute approximate surface area is 117 Å². The summed E-state index contributed by atoms with van der Waals surface area (Å²) >= 11 is 0. The first-order valence-corrected chi connectivity index (χ1v) is 6.14. The van der Waals surface area contributed by atoms with Crippen LogP contribution in [0.2, 0.25) is 0 Å². The third-order valence-corrected chi connectivity index (χ3v) is 3.21. The summed E-state index contributed by atoms with van der Waals surface area (Å²) in [5, 5.41) is 11.0.